The van der Waals surface area contributed by atoms with Gasteiger partial charge in [-0.2, -0.15) is 13.2 Å². The molecule has 0 spiro atoms. The molecule has 5 nitrogen and oxygen atoms in total. The van der Waals surface area contributed by atoms with Gasteiger partial charge in [0.25, 0.3) is 0 Å². The SMILES string of the molecule is CC1C=CC2C(C1)c1ccccc1C2(CCCCN1CCC(NC(=O)[C@]2(C)CCCI(C)C=C2CSC2C=CC=CC2)CC1)C(=O)NCC(F)(F)F. The molecule has 2 amide bonds. The Morgan fingerprint density at radius 3 is 2.60 bits per heavy atom. The summed E-state index contributed by atoms with van der Waals surface area (Å²) in [4.78, 5) is 32.8. The van der Waals surface area contributed by atoms with Crippen molar-refractivity contribution in [2.45, 2.75) is 100 Å². The van der Waals surface area contributed by atoms with E-state index in [9.17, 15) is 22.8 Å². The van der Waals surface area contributed by atoms with Crippen LogP contribution in [0.15, 0.2) is 70.4 Å². The number of likely N-dealkylation sites (tertiary alicyclic amines) is 1. The van der Waals surface area contributed by atoms with Crippen molar-refractivity contribution in [2.75, 3.05) is 41.3 Å². The van der Waals surface area contributed by atoms with Crippen molar-refractivity contribution in [2.24, 2.45) is 17.3 Å². The number of hydrogen-bond donors (Lipinski definition) is 2. The molecule has 10 heteroatoms. The second-order valence-corrected chi connectivity index (χ2v) is 22.5. The number of rotatable bonds is 12. The zero-order valence-corrected chi connectivity index (χ0v) is 34.0. The van der Waals surface area contributed by atoms with Crippen LogP contribution in [-0.4, -0.2) is 75.5 Å². The van der Waals surface area contributed by atoms with Gasteiger partial charge in [0.15, 0.2) is 0 Å². The van der Waals surface area contributed by atoms with Crippen molar-refractivity contribution in [1.82, 2.24) is 15.5 Å². The number of fused-ring (bicyclic) bond motifs is 3. The molecule has 1 saturated heterocycles. The number of carbonyl (C=O) groups is 2. The topological polar surface area (TPSA) is 61.4 Å². The summed E-state index contributed by atoms with van der Waals surface area (Å²) in [5, 5.41) is 6.27. The summed E-state index contributed by atoms with van der Waals surface area (Å²) in [6, 6.07) is 8.10. The minimum atomic E-state index is -4.47. The minimum absolute atomic E-state index is 0.129. The summed E-state index contributed by atoms with van der Waals surface area (Å²) >= 11 is 0.797. The Kier molecular flexibility index (Phi) is 13.1. The maximum atomic E-state index is 14.0. The Morgan fingerprint density at radius 1 is 1.06 bits per heavy atom. The number of thioether (sulfide) groups is 1. The Labute approximate surface area is 320 Å². The number of hydrogen-bond acceptors (Lipinski definition) is 4. The van der Waals surface area contributed by atoms with Crippen LogP contribution >= 0.6 is 31.6 Å². The molecule has 5 aliphatic rings. The monoisotopic (exact) mass is 851 g/mol. The second-order valence-electron chi connectivity index (χ2n) is 15.9. The fraction of sp³-hybridized carbons (Fsp3) is 0.619. The molecule has 1 fully saturated rings. The van der Waals surface area contributed by atoms with E-state index in [4.69, 9.17) is 0 Å². The van der Waals surface area contributed by atoms with E-state index in [-0.39, 0.29) is 23.8 Å². The molecule has 0 aromatic heterocycles. The standard InChI is InChI=1S/C42H57F3IN3O2S/c1-30-16-17-37-35(26-30)34-14-7-8-15-36(34)41(37,39(51)47-29-42(43,44)45)21-9-10-23-49-24-18-32(19-25-49)48-38(50)40(2)20-11-22-46(3)27-31(40)28-52-33-12-5-4-6-13-33/h4-8,12,14-17,27,30,32-33,35,37H,9-11,13,18-26,28-29H2,1-3H3,(H,47,51)(H,48,50)/t30?,33?,35?,37?,40-,41?/m1/s1. The van der Waals surface area contributed by atoms with Gasteiger partial charge < -0.3 is 5.32 Å². The van der Waals surface area contributed by atoms with E-state index >= 15 is 0 Å². The van der Waals surface area contributed by atoms with E-state index in [0.29, 0.717) is 17.6 Å². The number of halogens is 4. The quantitative estimate of drug-likeness (QED) is 0.0955. The average molecular weight is 852 g/mol. The van der Waals surface area contributed by atoms with Crippen molar-refractivity contribution in [3.63, 3.8) is 0 Å². The van der Waals surface area contributed by atoms with Gasteiger partial charge in [0.2, 0.25) is 5.91 Å². The van der Waals surface area contributed by atoms with Gasteiger partial charge in [-0.1, -0.05) is 43.3 Å². The van der Waals surface area contributed by atoms with E-state index < -0.39 is 49.3 Å². The van der Waals surface area contributed by atoms with E-state index in [0.717, 1.165) is 87.9 Å². The number of nitrogens with zero attached hydrogens (tertiary/aromatic N) is 1. The number of piperidine rings is 1. The molecule has 286 valence electrons. The zero-order valence-electron chi connectivity index (χ0n) is 31.0. The Hall–Kier alpha value is -2.05. The van der Waals surface area contributed by atoms with Crippen molar-refractivity contribution in [3.05, 3.63) is 81.5 Å². The molecule has 1 aromatic rings. The van der Waals surface area contributed by atoms with E-state index in [2.05, 4.69) is 80.9 Å². The molecule has 0 saturated carbocycles. The van der Waals surface area contributed by atoms with Crippen LogP contribution in [0.5, 0.6) is 0 Å². The number of amides is 2. The summed E-state index contributed by atoms with van der Waals surface area (Å²) in [5.74, 6) is 0.949. The Morgan fingerprint density at radius 2 is 1.85 bits per heavy atom. The number of unbranched alkanes of at least 4 members (excludes halogenated alkanes) is 1. The second kappa shape index (κ2) is 17.2. The molecule has 52 heavy (non-hydrogen) atoms. The third-order valence-corrected chi connectivity index (χ3v) is 17.8. The number of carbonyl (C=O) groups excluding carboxylic acids is 2. The van der Waals surface area contributed by atoms with E-state index in [1.807, 2.05) is 30.0 Å². The summed E-state index contributed by atoms with van der Waals surface area (Å²) in [6.45, 7) is 5.71. The molecule has 6 atom stereocenters. The Balaban J connectivity index is 1.04. The zero-order chi connectivity index (χ0) is 36.9. The van der Waals surface area contributed by atoms with Gasteiger partial charge in [0.1, 0.15) is 6.54 Å². The summed E-state index contributed by atoms with van der Waals surface area (Å²) in [5.41, 5.74) is 1.90. The van der Waals surface area contributed by atoms with Gasteiger partial charge in [-0.15, -0.1) is 0 Å². The molecule has 2 heterocycles. The largest absolute Gasteiger partial charge is 0.405 e. The fourth-order valence-corrected chi connectivity index (χ4v) is 14.9. The maximum Gasteiger partial charge on any atom is 0.405 e. The van der Waals surface area contributed by atoms with Crippen LogP contribution in [0.2, 0.25) is 0 Å². The van der Waals surface area contributed by atoms with Gasteiger partial charge in [-0.05, 0) is 35.8 Å². The third-order valence-electron chi connectivity index (χ3n) is 12.2. The number of benzene rings is 1. The van der Waals surface area contributed by atoms with Crippen LogP contribution in [-0.2, 0) is 15.0 Å². The van der Waals surface area contributed by atoms with Crippen LogP contribution < -0.4 is 10.6 Å². The number of nitrogens with one attached hydrogen (secondary N) is 2. The number of allylic oxidation sites excluding steroid dienone is 5. The Bertz CT molecular complexity index is 1550. The molecule has 0 radical (unpaired) electrons. The van der Waals surface area contributed by atoms with Gasteiger partial charge >= 0.3 is 196 Å². The van der Waals surface area contributed by atoms with E-state index in [1.54, 1.807) is 0 Å². The van der Waals surface area contributed by atoms with Crippen LogP contribution in [0.25, 0.3) is 0 Å². The van der Waals surface area contributed by atoms with Gasteiger partial charge in [0.05, 0.1) is 5.41 Å². The molecule has 6 rings (SSSR count). The third kappa shape index (κ3) is 9.07. The molecule has 0 bridgehead atoms. The van der Waals surface area contributed by atoms with Gasteiger partial charge in [-0.3, -0.25) is 4.79 Å². The first-order valence-electron chi connectivity index (χ1n) is 19.3. The smallest absolute Gasteiger partial charge is 0.346 e. The number of alkyl halides is 5. The molecule has 5 unspecified atom stereocenters. The van der Waals surface area contributed by atoms with E-state index in [1.165, 1.54) is 10.0 Å². The molecular weight excluding hydrogens is 794 g/mol. The molecule has 2 N–H and O–H groups in total. The predicted molar refractivity (Wildman–Crippen MR) is 217 cm³/mol. The molecule has 3 aliphatic carbocycles. The van der Waals surface area contributed by atoms with Crippen molar-refractivity contribution in [1.29, 1.82) is 0 Å². The normalized spacial score (nSPS) is 31.4. The fourth-order valence-electron chi connectivity index (χ4n) is 9.24. The summed E-state index contributed by atoms with van der Waals surface area (Å²) in [7, 11) is 0. The predicted octanol–water partition coefficient (Wildman–Crippen LogP) is 9.10. The molecule has 2 aliphatic heterocycles. The van der Waals surface area contributed by atoms with Crippen LogP contribution in [0.3, 0.4) is 0 Å². The van der Waals surface area contributed by atoms with Crippen LogP contribution in [0.1, 0.15) is 88.7 Å². The van der Waals surface area contributed by atoms with Crippen molar-refractivity contribution in [3.8, 4) is 0 Å². The molecule has 1 aromatic carbocycles. The van der Waals surface area contributed by atoms with Crippen molar-refractivity contribution < 1.29 is 22.8 Å². The van der Waals surface area contributed by atoms with Gasteiger partial charge in [-0.25, -0.2) is 0 Å². The summed E-state index contributed by atoms with van der Waals surface area (Å²) in [6.07, 6.45) is 16.5. The maximum absolute atomic E-state index is 14.0. The van der Waals surface area contributed by atoms with Crippen LogP contribution in [0, 0.1) is 17.3 Å². The minimum Gasteiger partial charge on any atom is -0.346 e. The average Bonchev–Trinajstić information content (AvgIpc) is 3.31. The van der Waals surface area contributed by atoms with Gasteiger partial charge in [0, 0.05) is 5.92 Å². The first-order chi connectivity index (χ1) is 24.9. The first kappa shape index (κ1) is 39.6. The first-order valence-corrected chi connectivity index (χ1v) is 25.2. The molecular formula is C42H57F3IN3O2S. The summed E-state index contributed by atoms with van der Waals surface area (Å²) < 4.78 is 43.7. The van der Waals surface area contributed by atoms with Crippen LogP contribution in [0.4, 0.5) is 13.2 Å². The van der Waals surface area contributed by atoms with Crippen molar-refractivity contribution >= 4 is 43.4 Å².